The zero-order chi connectivity index (χ0) is 21.8. The fourth-order valence-electron chi connectivity index (χ4n) is 4.14. The van der Waals surface area contributed by atoms with Crippen molar-refractivity contribution in [1.29, 1.82) is 0 Å². The van der Waals surface area contributed by atoms with Crippen LogP contribution in [0.2, 0.25) is 0 Å². The monoisotopic (exact) mass is 419 g/mol. The predicted molar refractivity (Wildman–Crippen MR) is 123 cm³/mol. The van der Waals surface area contributed by atoms with Crippen molar-refractivity contribution in [2.24, 2.45) is 0 Å². The lowest BCUT2D eigenvalue weighted by molar-refractivity contribution is -0.122. The number of ether oxygens (including phenoxy) is 1. The van der Waals surface area contributed by atoms with Gasteiger partial charge in [-0.3, -0.25) is 9.69 Å². The highest BCUT2D eigenvalue weighted by atomic mass is 16.5. The molecule has 0 spiro atoms. The molecule has 1 saturated carbocycles. The van der Waals surface area contributed by atoms with E-state index in [0.717, 1.165) is 29.7 Å². The number of aromatic hydroxyl groups is 1. The van der Waals surface area contributed by atoms with Gasteiger partial charge < -0.3 is 20.5 Å². The second-order valence-corrected chi connectivity index (χ2v) is 8.45. The van der Waals surface area contributed by atoms with E-state index in [-0.39, 0.29) is 11.7 Å². The molecule has 2 aromatic rings. The number of para-hydroxylation sites is 2. The standard InChI is InChI=1S/C25H29N3O3/c1-28(2)13-7-10-18-14-19(17-8-3-4-9-17)22(29)15-21(18)27-25(30)24-16-26-20-11-5-6-12-23(20)31-24/h5-6,11-12,14-15,17,24,26,29H,3-4,8-9,13,16H2,1-2H3,(H,27,30)/t24-/m1/s1. The number of rotatable bonds is 4. The van der Waals surface area contributed by atoms with Crippen molar-refractivity contribution in [3.8, 4) is 23.3 Å². The maximum atomic E-state index is 12.9. The summed E-state index contributed by atoms with van der Waals surface area (Å²) in [6, 6.07) is 11.1. The van der Waals surface area contributed by atoms with E-state index in [4.69, 9.17) is 4.74 Å². The van der Waals surface area contributed by atoms with Crippen LogP contribution in [0.4, 0.5) is 11.4 Å². The molecule has 1 fully saturated rings. The lowest BCUT2D eigenvalue weighted by Gasteiger charge is -2.26. The van der Waals surface area contributed by atoms with E-state index in [1.165, 1.54) is 12.8 Å². The third kappa shape index (κ3) is 4.95. The van der Waals surface area contributed by atoms with Crippen molar-refractivity contribution >= 4 is 17.3 Å². The zero-order valence-electron chi connectivity index (χ0n) is 18.1. The van der Waals surface area contributed by atoms with Gasteiger partial charge in [-0.25, -0.2) is 0 Å². The van der Waals surface area contributed by atoms with Crippen LogP contribution in [0.15, 0.2) is 36.4 Å². The summed E-state index contributed by atoms with van der Waals surface area (Å²) in [6.07, 6.45) is 3.83. The minimum atomic E-state index is -0.672. The van der Waals surface area contributed by atoms with E-state index in [9.17, 15) is 9.90 Å². The van der Waals surface area contributed by atoms with Crippen LogP contribution in [-0.4, -0.2) is 49.2 Å². The maximum Gasteiger partial charge on any atom is 0.267 e. The van der Waals surface area contributed by atoms with Crippen molar-refractivity contribution in [3.05, 3.63) is 47.5 Å². The molecule has 1 atom stereocenters. The van der Waals surface area contributed by atoms with Crippen molar-refractivity contribution in [1.82, 2.24) is 4.90 Å². The first-order valence-electron chi connectivity index (χ1n) is 10.8. The van der Waals surface area contributed by atoms with Crippen LogP contribution in [0.3, 0.4) is 0 Å². The van der Waals surface area contributed by atoms with Gasteiger partial charge in [0, 0.05) is 11.6 Å². The Morgan fingerprint density at radius 2 is 2.03 bits per heavy atom. The van der Waals surface area contributed by atoms with Crippen LogP contribution < -0.4 is 15.4 Å². The van der Waals surface area contributed by atoms with E-state index < -0.39 is 6.10 Å². The number of nitrogens with one attached hydrogen (secondary N) is 2. The molecule has 0 aromatic heterocycles. The number of nitrogens with zero attached hydrogens (tertiary/aromatic N) is 1. The second kappa shape index (κ2) is 9.32. The molecule has 162 valence electrons. The van der Waals surface area contributed by atoms with Crippen LogP contribution in [0, 0.1) is 11.8 Å². The summed E-state index contributed by atoms with van der Waals surface area (Å²) in [5.41, 5.74) is 3.03. The summed E-state index contributed by atoms with van der Waals surface area (Å²) in [4.78, 5) is 14.9. The van der Waals surface area contributed by atoms with Gasteiger partial charge in [0.15, 0.2) is 6.10 Å². The summed E-state index contributed by atoms with van der Waals surface area (Å²) >= 11 is 0. The molecule has 0 unspecified atom stereocenters. The Labute approximate surface area is 183 Å². The van der Waals surface area contributed by atoms with E-state index in [1.54, 1.807) is 6.07 Å². The number of hydrogen-bond acceptors (Lipinski definition) is 5. The maximum absolute atomic E-state index is 12.9. The number of carbonyl (C=O) groups is 1. The molecule has 2 aliphatic rings. The highest BCUT2D eigenvalue weighted by Gasteiger charge is 2.27. The van der Waals surface area contributed by atoms with Gasteiger partial charge in [0.1, 0.15) is 11.5 Å². The van der Waals surface area contributed by atoms with Crippen molar-refractivity contribution in [2.45, 2.75) is 37.7 Å². The number of fused-ring (bicyclic) bond motifs is 1. The fourth-order valence-corrected chi connectivity index (χ4v) is 4.14. The molecule has 4 rings (SSSR count). The van der Waals surface area contributed by atoms with Gasteiger partial charge in [-0.05, 0) is 56.6 Å². The molecule has 1 amide bonds. The number of phenols is 1. The van der Waals surface area contributed by atoms with Gasteiger partial charge in [0.05, 0.1) is 24.5 Å². The number of phenolic OH excluding ortho intramolecular Hbond substituents is 1. The highest BCUT2D eigenvalue weighted by Crippen LogP contribution is 2.40. The van der Waals surface area contributed by atoms with Gasteiger partial charge in [-0.15, -0.1) is 0 Å². The van der Waals surface area contributed by atoms with Crippen LogP contribution in [-0.2, 0) is 4.79 Å². The normalized spacial score (nSPS) is 17.8. The van der Waals surface area contributed by atoms with Gasteiger partial charge in [-0.1, -0.05) is 36.8 Å². The van der Waals surface area contributed by atoms with Crippen LogP contribution in [0.5, 0.6) is 11.5 Å². The Balaban J connectivity index is 1.57. The summed E-state index contributed by atoms with van der Waals surface area (Å²) in [5, 5.41) is 16.8. The quantitative estimate of drug-likeness (QED) is 0.658. The lowest BCUT2D eigenvalue weighted by atomic mass is 9.94. The van der Waals surface area contributed by atoms with Gasteiger partial charge >= 0.3 is 0 Å². The van der Waals surface area contributed by atoms with Crippen molar-refractivity contribution in [2.75, 3.05) is 37.8 Å². The van der Waals surface area contributed by atoms with E-state index >= 15 is 0 Å². The summed E-state index contributed by atoms with van der Waals surface area (Å²) in [6.45, 7) is 0.982. The SMILES string of the molecule is CN(C)CC#Cc1cc(C2CCCC2)c(O)cc1NC(=O)[C@H]1CNc2ccccc2O1. The van der Waals surface area contributed by atoms with Gasteiger partial charge in [0.25, 0.3) is 5.91 Å². The predicted octanol–water partition coefficient (Wildman–Crippen LogP) is 3.77. The number of hydrogen-bond donors (Lipinski definition) is 3. The molecule has 1 heterocycles. The molecule has 0 saturated heterocycles. The molecule has 6 heteroatoms. The van der Waals surface area contributed by atoms with Crippen molar-refractivity contribution < 1.29 is 14.6 Å². The van der Waals surface area contributed by atoms with Crippen LogP contribution >= 0.6 is 0 Å². The minimum absolute atomic E-state index is 0.216. The Hall–Kier alpha value is -3.17. The highest BCUT2D eigenvalue weighted by molar-refractivity contribution is 5.96. The zero-order valence-corrected chi connectivity index (χ0v) is 18.1. The van der Waals surface area contributed by atoms with Gasteiger partial charge in [0.2, 0.25) is 0 Å². The molecule has 0 radical (unpaired) electrons. The van der Waals surface area contributed by atoms with Crippen LogP contribution in [0.25, 0.3) is 0 Å². The largest absolute Gasteiger partial charge is 0.508 e. The molecule has 6 nitrogen and oxygen atoms in total. The Bertz CT molecular complexity index is 1020. The Morgan fingerprint density at radius 3 is 2.81 bits per heavy atom. The molecular formula is C25H29N3O3. The molecule has 1 aliphatic carbocycles. The fraction of sp³-hybridized carbons (Fsp3) is 0.400. The summed E-state index contributed by atoms with van der Waals surface area (Å²) in [7, 11) is 3.92. The van der Waals surface area contributed by atoms with Crippen LogP contribution in [0.1, 0.15) is 42.7 Å². The van der Waals surface area contributed by atoms with E-state index in [1.807, 2.05) is 49.3 Å². The van der Waals surface area contributed by atoms with Crippen molar-refractivity contribution in [3.63, 3.8) is 0 Å². The number of anilines is 2. The Kier molecular flexibility index (Phi) is 6.34. The molecule has 2 aromatic carbocycles. The molecule has 31 heavy (non-hydrogen) atoms. The summed E-state index contributed by atoms with van der Waals surface area (Å²) < 4.78 is 5.87. The van der Waals surface area contributed by atoms with E-state index in [0.29, 0.717) is 30.4 Å². The minimum Gasteiger partial charge on any atom is -0.508 e. The molecule has 3 N–H and O–H groups in total. The van der Waals surface area contributed by atoms with Gasteiger partial charge in [-0.2, -0.15) is 0 Å². The Morgan fingerprint density at radius 1 is 1.26 bits per heavy atom. The first kappa shape index (κ1) is 21.1. The first-order valence-corrected chi connectivity index (χ1v) is 10.8. The number of carbonyl (C=O) groups excluding carboxylic acids is 1. The number of amides is 1. The third-order valence-corrected chi connectivity index (χ3v) is 5.76. The second-order valence-electron chi connectivity index (χ2n) is 8.45. The van der Waals surface area contributed by atoms with E-state index in [2.05, 4.69) is 22.5 Å². The molecule has 0 bridgehead atoms. The molecule has 1 aliphatic heterocycles. The molecular weight excluding hydrogens is 390 g/mol. The lowest BCUT2D eigenvalue weighted by Crippen LogP contribution is -2.41. The average molecular weight is 420 g/mol. The average Bonchev–Trinajstić information content (AvgIpc) is 3.29. The third-order valence-electron chi connectivity index (χ3n) is 5.76. The first-order chi connectivity index (χ1) is 15.0. The topological polar surface area (TPSA) is 73.8 Å². The number of benzene rings is 2. The summed E-state index contributed by atoms with van der Waals surface area (Å²) in [5.74, 6) is 7.27. The smallest absolute Gasteiger partial charge is 0.267 e.